The number of nitrogens with one attached hydrogen (secondary N) is 1. The fraction of sp³-hybridized carbons (Fsp3) is 0.318. The molecule has 0 radical (unpaired) electrons. The van der Waals surface area contributed by atoms with Crippen LogP contribution in [0.4, 0.5) is 11.4 Å². The molecule has 0 saturated carbocycles. The molecule has 3 N–H and O–H groups in total. The molecule has 0 spiro atoms. The number of rotatable bonds is 11. The number of hydrogen-bond acceptors (Lipinski definition) is 4. The van der Waals surface area contributed by atoms with Crippen molar-refractivity contribution in [2.45, 2.75) is 19.8 Å². The second kappa shape index (κ2) is 12.3. The van der Waals surface area contributed by atoms with Crippen molar-refractivity contribution in [2.75, 3.05) is 36.4 Å². The highest BCUT2D eigenvalue weighted by Gasteiger charge is 2.21. The van der Waals surface area contributed by atoms with Gasteiger partial charge in [-0.2, -0.15) is 0 Å². The maximum absolute atomic E-state index is 13.0. The van der Waals surface area contributed by atoms with E-state index < -0.39 is 5.91 Å². The van der Waals surface area contributed by atoms with Gasteiger partial charge >= 0.3 is 0 Å². The molecule has 0 aliphatic carbocycles. The number of nitrogens with zero attached hydrogens (tertiary/aromatic N) is 2. The van der Waals surface area contributed by atoms with Gasteiger partial charge in [0.1, 0.15) is 0 Å². The number of hydrogen-bond donors (Lipinski definition) is 2. The lowest BCUT2D eigenvalue weighted by Crippen LogP contribution is -2.44. The first kappa shape index (κ1) is 24.7. The lowest BCUT2D eigenvalue weighted by atomic mass is 10.2. The van der Waals surface area contributed by atoms with Gasteiger partial charge in [0.15, 0.2) is 0 Å². The Kier molecular flexibility index (Phi) is 9.78. The smallest absolute Gasteiger partial charge is 0.241 e. The van der Waals surface area contributed by atoms with Crippen LogP contribution in [0.2, 0.25) is 10.0 Å². The Morgan fingerprint density at radius 3 is 2.32 bits per heavy atom. The van der Waals surface area contributed by atoms with Crippen LogP contribution in [0.15, 0.2) is 48.5 Å². The van der Waals surface area contributed by atoms with Gasteiger partial charge in [-0.1, -0.05) is 48.3 Å². The number of para-hydroxylation sites is 1. The summed E-state index contributed by atoms with van der Waals surface area (Å²) < 4.78 is 0. The van der Waals surface area contributed by atoms with Crippen molar-refractivity contribution in [3.05, 3.63) is 58.6 Å². The van der Waals surface area contributed by atoms with Gasteiger partial charge in [0.25, 0.3) is 0 Å². The highest BCUT2D eigenvalue weighted by molar-refractivity contribution is 6.36. The Morgan fingerprint density at radius 1 is 1.00 bits per heavy atom. The Morgan fingerprint density at radius 2 is 1.71 bits per heavy atom. The monoisotopic (exact) mass is 464 g/mol. The number of anilines is 2. The third-order valence-corrected chi connectivity index (χ3v) is 4.97. The van der Waals surface area contributed by atoms with E-state index in [2.05, 4.69) is 5.32 Å². The largest absolute Gasteiger partial charge is 0.370 e. The van der Waals surface area contributed by atoms with Gasteiger partial charge in [0.2, 0.25) is 17.7 Å². The lowest BCUT2D eigenvalue weighted by molar-refractivity contribution is -0.121. The molecule has 166 valence electrons. The third kappa shape index (κ3) is 8.20. The molecular weight excluding hydrogens is 439 g/mol. The van der Waals surface area contributed by atoms with Crippen molar-refractivity contribution >= 4 is 52.3 Å². The quantitative estimate of drug-likeness (QED) is 0.531. The van der Waals surface area contributed by atoms with Crippen molar-refractivity contribution in [1.82, 2.24) is 4.90 Å². The van der Waals surface area contributed by atoms with Gasteiger partial charge in [0, 0.05) is 23.7 Å². The van der Waals surface area contributed by atoms with Crippen LogP contribution in [0.5, 0.6) is 0 Å². The van der Waals surface area contributed by atoms with Crippen LogP contribution in [0.25, 0.3) is 0 Å². The Balaban J connectivity index is 2.07. The van der Waals surface area contributed by atoms with Crippen molar-refractivity contribution in [2.24, 2.45) is 5.73 Å². The summed E-state index contributed by atoms with van der Waals surface area (Å²) in [5.41, 5.74) is 6.39. The number of nitrogens with two attached hydrogens (primary N) is 1. The molecule has 2 aromatic carbocycles. The van der Waals surface area contributed by atoms with E-state index in [9.17, 15) is 14.4 Å². The minimum Gasteiger partial charge on any atom is -0.370 e. The third-order valence-electron chi connectivity index (χ3n) is 4.42. The maximum Gasteiger partial charge on any atom is 0.241 e. The lowest BCUT2D eigenvalue weighted by Gasteiger charge is -2.27. The average molecular weight is 465 g/mol. The second-order valence-corrected chi connectivity index (χ2v) is 7.82. The summed E-state index contributed by atoms with van der Waals surface area (Å²) in [4.78, 5) is 40.1. The molecule has 2 aromatic rings. The van der Waals surface area contributed by atoms with Crippen LogP contribution in [-0.4, -0.2) is 48.8 Å². The van der Waals surface area contributed by atoms with Gasteiger partial charge in [-0.05, 0) is 43.3 Å². The summed E-state index contributed by atoms with van der Waals surface area (Å²) in [7, 11) is 0. The minimum atomic E-state index is -0.488. The molecule has 0 atom stereocenters. The zero-order valence-electron chi connectivity index (χ0n) is 17.3. The van der Waals surface area contributed by atoms with Crippen molar-refractivity contribution in [3.63, 3.8) is 0 Å². The molecular formula is C22H26Cl2N4O3. The normalized spacial score (nSPS) is 10.7. The molecule has 0 bridgehead atoms. The maximum atomic E-state index is 13.0. The molecule has 0 unspecified atom stereocenters. The Hall–Kier alpha value is -2.61. The van der Waals surface area contributed by atoms with E-state index in [4.69, 9.17) is 28.9 Å². The summed E-state index contributed by atoms with van der Waals surface area (Å²) in [6, 6.07) is 13.8. The molecule has 2 rings (SSSR count). The predicted octanol–water partition coefficient (Wildman–Crippen LogP) is 3.55. The molecule has 0 aliphatic heterocycles. The van der Waals surface area contributed by atoms with E-state index in [1.807, 2.05) is 25.1 Å². The average Bonchev–Trinajstić information content (AvgIpc) is 2.71. The molecule has 31 heavy (non-hydrogen) atoms. The van der Waals surface area contributed by atoms with Gasteiger partial charge in [0.05, 0.1) is 23.8 Å². The van der Waals surface area contributed by atoms with Gasteiger partial charge < -0.3 is 16.0 Å². The van der Waals surface area contributed by atoms with E-state index in [0.717, 1.165) is 6.42 Å². The first-order valence-electron chi connectivity index (χ1n) is 9.91. The molecule has 7 nitrogen and oxygen atoms in total. The van der Waals surface area contributed by atoms with Crippen LogP contribution in [0.1, 0.15) is 19.8 Å². The van der Waals surface area contributed by atoms with Crippen LogP contribution >= 0.6 is 23.2 Å². The van der Waals surface area contributed by atoms with E-state index in [-0.39, 0.29) is 37.9 Å². The number of benzene rings is 2. The topological polar surface area (TPSA) is 95.7 Å². The van der Waals surface area contributed by atoms with E-state index in [0.29, 0.717) is 28.0 Å². The highest BCUT2D eigenvalue weighted by Crippen LogP contribution is 2.25. The van der Waals surface area contributed by atoms with Crippen LogP contribution in [0.3, 0.4) is 0 Å². The van der Waals surface area contributed by atoms with Gasteiger partial charge in [-0.3, -0.25) is 19.3 Å². The standard InChI is InChI=1S/C22H26Cl2N4O3/c1-2-11-27(14-21(30)26-19-9-8-16(23)13-18(19)24)15-22(31)28(12-10-20(25)29)17-6-4-3-5-7-17/h3-9,13H,2,10-12,14-15H2,1H3,(H2,25,29)(H,26,30). The first-order chi connectivity index (χ1) is 14.8. The number of amides is 3. The first-order valence-corrected chi connectivity index (χ1v) is 10.7. The van der Waals surface area contributed by atoms with Crippen molar-refractivity contribution < 1.29 is 14.4 Å². The summed E-state index contributed by atoms with van der Waals surface area (Å²) in [6.07, 6.45) is 0.804. The Labute approximate surface area is 192 Å². The van der Waals surface area contributed by atoms with E-state index in [1.54, 1.807) is 35.2 Å². The number of halogens is 2. The fourth-order valence-corrected chi connectivity index (χ4v) is 3.47. The summed E-state index contributed by atoms with van der Waals surface area (Å²) >= 11 is 12.0. The van der Waals surface area contributed by atoms with Crippen LogP contribution < -0.4 is 16.0 Å². The number of carbonyl (C=O) groups is 3. The second-order valence-electron chi connectivity index (χ2n) is 6.98. The molecule has 0 aromatic heterocycles. The molecule has 0 aliphatic rings. The fourth-order valence-electron chi connectivity index (χ4n) is 3.02. The van der Waals surface area contributed by atoms with Crippen LogP contribution in [0, 0.1) is 0 Å². The molecule has 0 fully saturated rings. The number of primary amides is 1. The molecule has 3 amide bonds. The summed E-state index contributed by atoms with van der Waals surface area (Å²) in [5, 5.41) is 3.55. The predicted molar refractivity (Wildman–Crippen MR) is 124 cm³/mol. The summed E-state index contributed by atoms with van der Waals surface area (Å²) in [6.45, 7) is 2.71. The van der Waals surface area contributed by atoms with Crippen molar-refractivity contribution in [1.29, 1.82) is 0 Å². The van der Waals surface area contributed by atoms with E-state index in [1.165, 1.54) is 4.90 Å². The highest BCUT2D eigenvalue weighted by atomic mass is 35.5. The molecule has 0 heterocycles. The van der Waals surface area contributed by atoms with E-state index >= 15 is 0 Å². The zero-order valence-corrected chi connectivity index (χ0v) is 18.8. The SMILES string of the molecule is CCCN(CC(=O)Nc1ccc(Cl)cc1Cl)CC(=O)N(CCC(N)=O)c1ccccc1. The van der Waals surface area contributed by atoms with Gasteiger partial charge in [-0.25, -0.2) is 0 Å². The summed E-state index contributed by atoms with van der Waals surface area (Å²) in [5.74, 6) is -1.01. The molecule has 9 heteroatoms. The number of carbonyl (C=O) groups excluding carboxylic acids is 3. The zero-order chi connectivity index (χ0) is 22.8. The van der Waals surface area contributed by atoms with Crippen LogP contribution in [-0.2, 0) is 14.4 Å². The Bertz CT molecular complexity index is 909. The van der Waals surface area contributed by atoms with Gasteiger partial charge in [-0.15, -0.1) is 0 Å². The van der Waals surface area contributed by atoms with Crippen molar-refractivity contribution in [3.8, 4) is 0 Å². The minimum absolute atomic E-state index is 0.0109. The molecule has 0 saturated heterocycles.